The number of carbonyl (C=O) groups is 1. The Morgan fingerprint density at radius 3 is 2.88 bits per heavy atom. The molecule has 0 aliphatic carbocycles. The number of nitriles is 1. The number of aliphatic carboxylic acids is 1. The van der Waals surface area contributed by atoms with Gasteiger partial charge in [-0.2, -0.15) is 5.26 Å². The van der Waals surface area contributed by atoms with Crippen molar-refractivity contribution in [3.63, 3.8) is 0 Å². The lowest BCUT2D eigenvalue weighted by molar-refractivity contribution is -0.138. The highest BCUT2D eigenvalue weighted by atomic mass is 16.4. The number of hydrogen-bond acceptors (Lipinski definition) is 4. The Morgan fingerprint density at radius 1 is 1.65 bits per heavy atom. The number of aromatic nitrogens is 1. The van der Waals surface area contributed by atoms with Crippen molar-refractivity contribution in [2.75, 3.05) is 5.32 Å². The van der Waals surface area contributed by atoms with E-state index in [9.17, 15) is 4.79 Å². The molecule has 2 N–H and O–H groups in total. The molecule has 0 aliphatic rings. The summed E-state index contributed by atoms with van der Waals surface area (Å²) >= 11 is 0. The Bertz CT molecular complexity index is 438. The smallest absolute Gasteiger partial charge is 0.326 e. The Kier molecular flexibility index (Phi) is 4.46. The monoisotopic (exact) mass is 233 g/mol. The molecule has 0 radical (unpaired) electrons. The zero-order chi connectivity index (χ0) is 12.8. The summed E-state index contributed by atoms with van der Waals surface area (Å²) in [6.07, 6.45) is 1.99. The molecule has 0 fully saturated rings. The van der Waals surface area contributed by atoms with E-state index in [4.69, 9.17) is 10.4 Å². The zero-order valence-electron chi connectivity index (χ0n) is 9.84. The van der Waals surface area contributed by atoms with Crippen LogP contribution in [0.3, 0.4) is 0 Å². The Balaban J connectivity index is 2.79. The van der Waals surface area contributed by atoms with Crippen molar-refractivity contribution in [2.24, 2.45) is 5.92 Å². The fourth-order valence-electron chi connectivity index (χ4n) is 1.45. The summed E-state index contributed by atoms with van der Waals surface area (Å²) in [6.45, 7) is 3.91. The average molecular weight is 233 g/mol. The zero-order valence-corrected chi connectivity index (χ0v) is 9.84. The summed E-state index contributed by atoms with van der Waals surface area (Å²) in [7, 11) is 0. The van der Waals surface area contributed by atoms with E-state index >= 15 is 0 Å². The highest BCUT2D eigenvalue weighted by Gasteiger charge is 2.18. The molecule has 17 heavy (non-hydrogen) atoms. The Morgan fingerprint density at radius 2 is 2.35 bits per heavy atom. The van der Waals surface area contributed by atoms with Crippen molar-refractivity contribution in [2.45, 2.75) is 26.3 Å². The summed E-state index contributed by atoms with van der Waals surface area (Å²) in [5, 5.41) is 20.6. The molecule has 0 saturated heterocycles. The van der Waals surface area contributed by atoms with Crippen LogP contribution in [-0.4, -0.2) is 22.1 Å². The highest BCUT2D eigenvalue weighted by molar-refractivity contribution is 5.76. The summed E-state index contributed by atoms with van der Waals surface area (Å²) in [6, 6.07) is 4.41. The van der Waals surface area contributed by atoms with Gasteiger partial charge in [-0.15, -0.1) is 0 Å². The number of pyridine rings is 1. The number of nitrogens with one attached hydrogen (secondary N) is 1. The summed E-state index contributed by atoms with van der Waals surface area (Å²) in [5.74, 6) is -0.234. The lowest BCUT2D eigenvalue weighted by atomic mass is 10.0. The Hall–Kier alpha value is -2.09. The molecule has 0 aromatic carbocycles. The SMILES string of the molecule is CC(C)CC(Nc1cc(C#N)ccn1)C(=O)O. The molecule has 0 bridgehead atoms. The van der Waals surface area contributed by atoms with Crippen molar-refractivity contribution in [3.05, 3.63) is 23.9 Å². The molecular formula is C12H15N3O2. The third kappa shape index (κ3) is 4.11. The van der Waals surface area contributed by atoms with Gasteiger partial charge in [0.05, 0.1) is 11.6 Å². The van der Waals surface area contributed by atoms with E-state index in [0.29, 0.717) is 17.8 Å². The predicted molar refractivity (Wildman–Crippen MR) is 63.5 cm³/mol. The largest absolute Gasteiger partial charge is 0.480 e. The van der Waals surface area contributed by atoms with Crippen LogP contribution < -0.4 is 5.32 Å². The standard InChI is InChI=1S/C12H15N3O2/c1-8(2)5-10(12(16)17)15-11-6-9(7-13)3-4-14-11/h3-4,6,8,10H,5H2,1-2H3,(H,14,15)(H,16,17). The van der Waals surface area contributed by atoms with Gasteiger partial charge in [-0.1, -0.05) is 13.8 Å². The normalized spacial score (nSPS) is 11.9. The molecule has 1 aromatic heterocycles. The second-order valence-corrected chi connectivity index (χ2v) is 4.21. The number of nitrogens with zero attached hydrogens (tertiary/aromatic N) is 2. The maximum atomic E-state index is 11.0. The van der Waals surface area contributed by atoms with Crippen LogP contribution in [0.4, 0.5) is 5.82 Å². The van der Waals surface area contributed by atoms with Crippen LogP contribution in [0.15, 0.2) is 18.3 Å². The van der Waals surface area contributed by atoms with Crippen LogP contribution in [0.25, 0.3) is 0 Å². The first-order chi connectivity index (χ1) is 8.02. The van der Waals surface area contributed by atoms with Gasteiger partial charge in [0.2, 0.25) is 0 Å². The molecular weight excluding hydrogens is 218 g/mol. The lowest BCUT2D eigenvalue weighted by Gasteiger charge is -2.16. The van der Waals surface area contributed by atoms with E-state index in [1.165, 1.54) is 12.3 Å². The highest BCUT2D eigenvalue weighted by Crippen LogP contribution is 2.12. The quantitative estimate of drug-likeness (QED) is 0.810. The number of hydrogen-bond donors (Lipinski definition) is 2. The average Bonchev–Trinajstić information content (AvgIpc) is 2.27. The minimum absolute atomic E-state index is 0.266. The molecule has 0 saturated carbocycles. The van der Waals surface area contributed by atoms with E-state index in [-0.39, 0.29) is 5.92 Å². The topological polar surface area (TPSA) is 86.0 Å². The second kappa shape index (κ2) is 5.85. The fourth-order valence-corrected chi connectivity index (χ4v) is 1.45. The molecule has 5 nitrogen and oxygen atoms in total. The number of carboxylic acid groups (broad SMARTS) is 1. The fraction of sp³-hybridized carbons (Fsp3) is 0.417. The second-order valence-electron chi connectivity index (χ2n) is 4.21. The lowest BCUT2D eigenvalue weighted by Crippen LogP contribution is -2.31. The van der Waals surface area contributed by atoms with Crippen molar-refractivity contribution in [1.82, 2.24) is 4.98 Å². The van der Waals surface area contributed by atoms with E-state index < -0.39 is 12.0 Å². The predicted octanol–water partition coefficient (Wildman–Crippen LogP) is 1.86. The van der Waals surface area contributed by atoms with Gasteiger partial charge in [0.15, 0.2) is 0 Å². The Labute approximate surface area is 100 Å². The molecule has 1 unspecified atom stereocenters. The molecule has 0 amide bonds. The van der Waals surface area contributed by atoms with E-state index in [1.807, 2.05) is 19.9 Å². The van der Waals surface area contributed by atoms with Gasteiger partial charge < -0.3 is 10.4 Å². The van der Waals surface area contributed by atoms with Gasteiger partial charge in [0.25, 0.3) is 0 Å². The number of carboxylic acids is 1. The summed E-state index contributed by atoms with van der Waals surface area (Å²) in [4.78, 5) is 15.0. The minimum Gasteiger partial charge on any atom is -0.480 e. The van der Waals surface area contributed by atoms with Crippen LogP contribution in [-0.2, 0) is 4.79 Å². The minimum atomic E-state index is -0.914. The molecule has 1 atom stereocenters. The van der Waals surface area contributed by atoms with Crippen molar-refractivity contribution >= 4 is 11.8 Å². The van der Waals surface area contributed by atoms with Gasteiger partial charge in [-0.25, -0.2) is 9.78 Å². The van der Waals surface area contributed by atoms with Gasteiger partial charge in [0, 0.05) is 6.20 Å². The van der Waals surface area contributed by atoms with Crippen molar-refractivity contribution in [1.29, 1.82) is 5.26 Å². The van der Waals surface area contributed by atoms with Crippen LogP contribution in [0.2, 0.25) is 0 Å². The van der Waals surface area contributed by atoms with Gasteiger partial charge in [-0.05, 0) is 24.5 Å². The molecule has 5 heteroatoms. The molecule has 1 heterocycles. The van der Waals surface area contributed by atoms with Crippen molar-refractivity contribution < 1.29 is 9.90 Å². The maximum absolute atomic E-state index is 11.0. The third-order valence-electron chi connectivity index (χ3n) is 2.22. The molecule has 0 aliphatic heterocycles. The van der Waals surface area contributed by atoms with E-state index in [0.717, 1.165) is 0 Å². The van der Waals surface area contributed by atoms with E-state index in [1.54, 1.807) is 6.07 Å². The van der Waals surface area contributed by atoms with Crippen LogP contribution in [0, 0.1) is 17.2 Å². The first-order valence-corrected chi connectivity index (χ1v) is 5.38. The third-order valence-corrected chi connectivity index (χ3v) is 2.22. The summed E-state index contributed by atoms with van der Waals surface area (Å²) < 4.78 is 0. The van der Waals surface area contributed by atoms with Gasteiger partial charge >= 0.3 is 5.97 Å². The van der Waals surface area contributed by atoms with Crippen LogP contribution >= 0.6 is 0 Å². The van der Waals surface area contributed by atoms with E-state index in [2.05, 4.69) is 10.3 Å². The number of rotatable bonds is 5. The molecule has 1 rings (SSSR count). The first-order valence-electron chi connectivity index (χ1n) is 5.38. The first kappa shape index (κ1) is 13.0. The van der Waals surface area contributed by atoms with Crippen LogP contribution in [0.1, 0.15) is 25.8 Å². The molecule has 90 valence electrons. The van der Waals surface area contributed by atoms with Crippen LogP contribution in [0.5, 0.6) is 0 Å². The van der Waals surface area contributed by atoms with Gasteiger partial charge in [-0.3, -0.25) is 0 Å². The van der Waals surface area contributed by atoms with Gasteiger partial charge in [0.1, 0.15) is 11.9 Å². The van der Waals surface area contributed by atoms with Crippen molar-refractivity contribution in [3.8, 4) is 6.07 Å². The summed E-state index contributed by atoms with van der Waals surface area (Å²) in [5.41, 5.74) is 0.455. The maximum Gasteiger partial charge on any atom is 0.326 e. The number of anilines is 1. The molecule has 1 aromatic rings. The molecule has 0 spiro atoms.